The molecule has 2 nitrogen and oxygen atoms in total. The van der Waals surface area contributed by atoms with Crippen molar-refractivity contribution in [3.05, 3.63) is 29.8 Å². The van der Waals surface area contributed by atoms with E-state index in [0.29, 0.717) is 5.75 Å². The Balaban J connectivity index is 2.14. The van der Waals surface area contributed by atoms with E-state index in [-0.39, 0.29) is 5.41 Å². The second kappa shape index (κ2) is 3.62. The summed E-state index contributed by atoms with van der Waals surface area (Å²) in [6, 6.07) is 7.54. The van der Waals surface area contributed by atoms with Gasteiger partial charge >= 0.3 is 0 Å². The first-order valence-electron chi connectivity index (χ1n) is 5.14. The molecule has 0 heterocycles. The summed E-state index contributed by atoms with van der Waals surface area (Å²) in [4.78, 5) is 0. The first-order chi connectivity index (χ1) is 6.77. The minimum absolute atomic E-state index is 0.203. The van der Waals surface area contributed by atoms with Crippen LogP contribution in [0, 0.1) is 0 Å². The van der Waals surface area contributed by atoms with Crippen LogP contribution < -0.4 is 0 Å². The smallest absolute Gasteiger partial charge is 0.115 e. The van der Waals surface area contributed by atoms with Crippen LogP contribution in [0.3, 0.4) is 0 Å². The molecule has 1 aromatic rings. The largest absolute Gasteiger partial charge is 0.508 e. The molecule has 2 heteroatoms. The van der Waals surface area contributed by atoms with Gasteiger partial charge in [0.05, 0.1) is 6.61 Å². The normalized spacial score (nSPS) is 18.1. The number of aromatic hydroxyl groups is 1. The Morgan fingerprint density at radius 2 is 2.21 bits per heavy atom. The van der Waals surface area contributed by atoms with Crippen molar-refractivity contribution >= 4 is 0 Å². The van der Waals surface area contributed by atoms with Crippen molar-refractivity contribution in [1.29, 1.82) is 0 Å². The second-order valence-electron chi connectivity index (χ2n) is 3.97. The Hall–Kier alpha value is -1.02. The van der Waals surface area contributed by atoms with Crippen LogP contribution in [-0.4, -0.2) is 18.3 Å². The van der Waals surface area contributed by atoms with Gasteiger partial charge in [0.15, 0.2) is 0 Å². The minimum Gasteiger partial charge on any atom is -0.508 e. The highest BCUT2D eigenvalue weighted by atomic mass is 16.5. The summed E-state index contributed by atoms with van der Waals surface area (Å²) in [5, 5.41) is 9.39. The van der Waals surface area contributed by atoms with E-state index in [4.69, 9.17) is 4.74 Å². The SMILES string of the molecule is CCOCC1(c2cccc(O)c2)CC1. The van der Waals surface area contributed by atoms with Crippen LogP contribution in [0.5, 0.6) is 5.75 Å². The summed E-state index contributed by atoms with van der Waals surface area (Å²) in [7, 11) is 0. The zero-order valence-electron chi connectivity index (χ0n) is 8.49. The molecule has 1 aliphatic carbocycles. The lowest BCUT2D eigenvalue weighted by molar-refractivity contribution is 0.125. The van der Waals surface area contributed by atoms with Gasteiger partial charge in [0, 0.05) is 12.0 Å². The fourth-order valence-corrected chi connectivity index (χ4v) is 1.80. The maximum Gasteiger partial charge on any atom is 0.115 e. The molecule has 0 atom stereocenters. The molecule has 1 N–H and O–H groups in total. The number of phenolic OH excluding ortho intramolecular Hbond substituents is 1. The molecule has 0 aromatic heterocycles. The molecule has 0 spiro atoms. The molecule has 0 aliphatic heterocycles. The number of hydrogen-bond donors (Lipinski definition) is 1. The molecule has 0 unspecified atom stereocenters. The van der Waals surface area contributed by atoms with Crippen molar-refractivity contribution in [1.82, 2.24) is 0 Å². The first kappa shape index (κ1) is 9.53. The highest BCUT2D eigenvalue weighted by Crippen LogP contribution is 2.48. The lowest BCUT2D eigenvalue weighted by atomic mass is 9.97. The Morgan fingerprint density at radius 3 is 2.79 bits per heavy atom. The van der Waals surface area contributed by atoms with Gasteiger partial charge in [-0.1, -0.05) is 12.1 Å². The van der Waals surface area contributed by atoms with E-state index in [1.165, 1.54) is 18.4 Å². The molecule has 0 bridgehead atoms. The molecule has 1 fully saturated rings. The summed E-state index contributed by atoms with van der Waals surface area (Å²) in [5.74, 6) is 0.352. The predicted octanol–water partition coefficient (Wildman–Crippen LogP) is 2.46. The van der Waals surface area contributed by atoms with E-state index in [0.717, 1.165) is 13.2 Å². The van der Waals surface area contributed by atoms with Crippen molar-refractivity contribution in [2.24, 2.45) is 0 Å². The number of rotatable bonds is 4. The fourth-order valence-electron chi connectivity index (χ4n) is 1.80. The van der Waals surface area contributed by atoms with Crippen LogP contribution in [0.15, 0.2) is 24.3 Å². The van der Waals surface area contributed by atoms with Gasteiger partial charge < -0.3 is 9.84 Å². The van der Waals surface area contributed by atoms with Gasteiger partial charge in [-0.25, -0.2) is 0 Å². The van der Waals surface area contributed by atoms with Crippen molar-refractivity contribution in [2.75, 3.05) is 13.2 Å². The molecule has 14 heavy (non-hydrogen) atoms. The average Bonchev–Trinajstić information content (AvgIpc) is 2.96. The molecule has 0 saturated heterocycles. The molecular formula is C12H16O2. The quantitative estimate of drug-likeness (QED) is 0.794. The monoisotopic (exact) mass is 192 g/mol. The number of hydrogen-bond acceptors (Lipinski definition) is 2. The molecule has 76 valence electrons. The third-order valence-electron chi connectivity index (χ3n) is 2.89. The molecule has 1 saturated carbocycles. The predicted molar refractivity (Wildman–Crippen MR) is 55.5 cm³/mol. The van der Waals surface area contributed by atoms with Crippen LogP contribution in [0.2, 0.25) is 0 Å². The summed E-state index contributed by atoms with van der Waals surface area (Å²) in [6.45, 7) is 3.56. The summed E-state index contributed by atoms with van der Waals surface area (Å²) >= 11 is 0. The minimum atomic E-state index is 0.203. The second-order valence-corrected chi connectivity index (χ2v) is 3.97. The van der Waals surface area contributed by atoms with Crippen LogP contribution >= 0.6 is 0 Å². The molecular weight excluding hydrogens is 176 g/mol. The molecule has 2 rings (SSSR count). The van der Waals surface area contributed by atoms with Crippen molar-refractivity contribution in [3.8, 4) is 5.75 Å². The number of phenols is 1. The van der Waals surface area contributed by atoms with Gasteiger partial charge in [0.25, 0.3) is 0 Å². The van der Waals surface area contributed by atoms with Gasteiger partial charge in [0.1, 0.15) is 5.75 Å². The van der Waals surface area contributed by atoms with E-state index < -0.39 is 0 Å². The van der Waals surface area contributed by atoms with Crippen LogP contribution in [-0.2, 0) is 10.2 Å². The Bertz CT molecular complexity index is 316. The fraction of sp³-hybridized carbons (Fsp3) is 0.500. The van der Waals surface area contributed by atoms with Gasteiger partial charge in [-0.3, -0.25) is 0 Å². The maximum absolute atomic E-state index is 9.39. The van der Waals surface area contributed by atoms with E-state index in [1.807, 2.05) is 19.1 Å². The van der Waals surface area contributed by atoms with E-state index in [1.54, 1.807) is 6.07 Å². The first-order valence-corrected chi connectivity index (χ1v) is 5.14. The van der Waals surface area contributed by atoms with E-state index >= 15 is 0 Å². The summed E-state index contributed by atoms with van der Waals surface area (Å²) in [6.07, 6.45) is 2.35. The number of benzene rings is 1. The van der Waals surface area contributed by atoms with Crippen molar-refractivity contribution < 1.29 is 9.84 Å². The highest BCUT2D eigenvalue weighted by molar-refractivity contribution is 5.36. The summed E-state index contributed by atoms with van der Waals surface area (Å²) < 4.78 is 5.47. The summed E-state index contributed by atoms with van der Waals surface area (Å²) in [5.41, 5.74) is 1.42. The van der Waals surface area contributed by atoms with Crippen LogP contribution in [0.25, 0.3) is 0 Å². The zero-order chi connectivity index (χ0) is 10.0. The molecule has 0 radical (unpaired) electrons. The van der Waals surface area contributed by atoms with E-state index in [9.17, 15) is 5.11 Å². The Morgan fingerprint density at radius 1 is 1.43 bits per heavy atom. The van der Waals surface area contributed by atoms with E-state index in [2.05, 4.69) is 6.07 Å². The lowest BCUT2D eigenvalue weighted by Crippen LogP contribution is -2.15. The standard InChI is InChI=1S/C12H16O2/c1-2-14-9-12(6-7-12)10-4-3-5-11(13)8-10/h3-5,8,13H,2,6-7,9H2,1H3. The van der Waals surface area contributed by atoms with Crippen molar-refractivity contribution in [3.63, 3.8) is 0 Å². The van der Waals surface area contributed by atoms with Gasteiger partial charge in [-0.2, -0.15) is 0 Å². The Kier molecular flexibility index (Phi) is 2.46. The van der Waals surface area contributed by atoms with Gasteiger partial charge in [-0.05, 0) is 37.5 Å². The van der Waals surface area contributed by atoms with Gasteiger partial charge in [0.2, 0.25) is 0 Å². The lowest BCUT2D eigenvalue weighted by Gasteiger charge is -2.15. The zero-order valence-corrected chi connectivity index (χ0v) is 8.49. The van der Waals surface area contributed by atoms with Crippen molar-refractivity contribution in [2.45, 2.75) is 25.2 Å². The third kappa shape index (κ3) is 1.75. The maximum atomic E-state index is 9.39. The van der Waals surface area contributed by atoms with Crippen LogP contribution in [0.4, 0.5) is 0 Å². The van der Waals surface area contributed by atoms with Crippen LogP contribution in [0.1, 0.15) is 25.3 Å². The average molecular weight is 192 g/mol. The van der Waals surface area contributed by atoms with Gasteiger partial charge in [-0.15, -0.1) is 0 Å². The number of ether oxygens (including phenoxy) is 1. The third-order valence-corrected chi connectivity index (χ3v) is 2.89. The molecule has 1 aliphatic rings. The molecule has 0 amide bonds. The topological polar surface area (TPSA) is 29.5 Å². The Labute approximate surface area is 84.5 Å². The highest BCUT2D eigenvalue weighted by Gasteiger charge is 2.44. The molecule has 1 aromatic carbocycles.